The predicted molar refractivity (Wildman–Crippen MR) is 106 cm³/mol. The van der Waals surface area contributed by atoms with E-state index < -0.39 is 5.91 Å². The number of benzene rings is 3. The van der Waals surface area contributed by atoms with Crippen LogP contribution >= 0.6 is 0 Å². The van der Waals surface area contributed by atoms with Gasteiger partial charge in [-0.25, -0.2) is 4.39 Å². The van der Waals surface area contributed by atoms with Gasteiger partial charge in [-0.3, -0.25) is 4.79 Å². The lowest BCUT2D eigenvalue weighted by Gasteiger charge is -2.09. The zero-order valence-corrected chi connectivity index (χ0v) is 14.9. The SMILES string of the molecule is N#C/C(=C/NCCc1cccc(F)c1)C(=O)Nc1cccc2c(O)cccc12. The number of carbonyl (C=O) groups is 1. The first-order chi connectivity index (χ1) is 13.6. The molecule has 3 N–H and O–H groups in total. The summed E-state index contributed by atoms with van der Waals surface area (Å²) < 4.78 is 13.2. The molecule has 0 spiro atoms. The summed E-state index contributed by atoms with van der Waals surface area (Å²) in [5.74, 6) is -0.744. The molecule has 140 valence electrons. The third-order valence-corrected chi connectivity index (χ3v) is 4.21. The lowest BCUT2D eigenvalue weighted by Crippen LogP contribution is -2.18. The molecule has 0 aliphatic carbocycles. The minimum Gasteiger partial charge on any atom is -0.507 e. The van der Waals surface area contributed by atoms with E-state index >= 15 is 0 Å². The molecule has 0 unspecified atom stereocenters. The third kappa shape index (κ3) is 4.46. The van der Waals surface area contributed by atoms with Gasteiger partial charge in [-0.05, 0) is 36.2 Å². The van der Waals surface area contributed by atoms with E-state index in [4.69, 9.17) is 0 Å². The molecule has 0 heterocycles. The lowest BCUT2D eigenvalue weighted by molar-refractivity contribution is -0.112. The number of nitrogens with zero attached hydrogens (tertiary/aromatic N) is 1. The van der Waals surface area contributed by atoms with Gasteiger partial charge in [-0.2, -0.15) is 5.26 Å². The molecule has 0 fully saturated rings. The number of amides is 1. The maximum absolute atomic E-state index is 13.2. The Hall–Kier alpha value is -3.85. The van der Waals surface area contributed by atoms with E-state index in [1.807, 2.05) is 12.1 Å². The van der Waals surface area contributed by atoms with E-state index in [0.29, 0.717) is 29.4 Å². The number of rotatable bonds is 6. The number of fused-ring (bicyclic) bond motifs is 1. The highest BCUT2D eigenvalue weighted by Gasteiger charge is 2.12. The van der Waals surface area contributed by atoms with Crippen LogP contribution in [0.1, 0.15) is 5.56 Å². The van der Waals surface area contributed by atoms with Crippen LogP contribution in [0, 0.1) is 17.1 Å². The smallest absolute Gasteiger partial charge is 0.267 e. The first kappa shape index (κ1) is 18.9. The Kier molecular flexibility index (Phi) is 5.87. The van der Waals surface area contributed by atoms with Gasteiger partial charge in [0.05, 0.1) is 0 Å². The van der Waals surface area contributed by atoms with Gasteiger partial charge in [-0.1, -0.05) is 36.4 Å². The summed E-state index contributed by atoms with van der Waals surface area (Å²) in [6, 6.07) is 18.3. The van der Waals surface area contributed by atoms with E-state index in [9.17, 15) is 19.6 Å². The summed E-state index contributed by atoms with van der Waals surface area (Å²) in [5.41, 5.74) is 1.23. The number of phenols is 1. The molecule has 6 heteroatoms. The van der Waals surface area contributed by atoms with Crippen molar-refractivity contribution in [3.05, 3.63) is 83.8 Å². The first-order valence-electron chi connectivity index (χ1n) is 8.68. The zero-order valence-electron chi connectivity index (χ0n) is 14.9. The maximum Gasteiger partial charge on any atom is 0.267 e. The Bertz CT molecular complexity index is 1090. The van der Waals surface area contributed by atoms with Crippen molar-refractivity contribution in [3.63, 3.8) is 0 Å². The number of halogens is 1. The van der Waals surface area contributed by atoms with Crippen LogP contribution in [0.5, 0.6) is 5.75 Å². The second-order valence-corrected chi connectivity index (χ2v) is 6.14. The van der Waals surface area contributed by atoms with Gasteiger partial charge in [0.15, 0.2) is 0 Å². The lowest BCUT2D eigenvalue weighted by atomic mass is 10.1. The first-order valence-corrected chi connectivity index (χ1v) is 8.68. The molecule has 0 aliphatic rings. The highest BCUT2D eigenvalue weighted by atomic mass is 19.1. The van der Waals surface area contributed by atoms with Crippen LogP contribution in [0.25, 0.3) is 10.8 Å². The van der Waals surface area contributed by atoms with Crippen LogP contribution in [0.3, 0.4) is 0 Å². The minimum absolute atomic E-state index is 0.0867. The largest absolute Gasteiger partial charge is 0.507 e. The average molecular weight is 375 g/mol. The molecule has 3 rings (SSSR count). The fourth-order valence-corrected chi connectivity index (χ4v) is 2.82. The predicted octanol–water partition coefficient (Wildman–Crippen LogP) is 3.86. The quantitative estimate of drug-likeness (QED) is 0.347. The number of aromatic hydroxyl groups is 1. The molecule has 0 bridgehead atoms. The highest BCUT2D eigenvalue weighted by molar-refractivity contribution is 6.11. The third-order valence-electron chi connectivity index (χ3n) is 4.21. The maximum atomic E-state index is 13.2. The molecule has 0 atom stereocenters. The molecular weight excluding hydrogens is 357 g/mol. The van der Waals surface area contributed by atoms with Gasteiger partial charge in [-0.15, -0.1) is 0 Å². The summed E-state index contributed by atoms with van der Waals surface area (Å²) in [5, 5.41) is 26.1. The second kappa shape index (κ2) is 8.69. The fourth-order valence-electron chi connectivity index (χ4n) is 2.82. The number of phenolic OH excluding ortho intramolecular Hbond substituents is 1. The van der Waals surface area contributed by atoms with Crippen molar-refractivity contribution in [1.82, 2.24) is 5.32 Å². The number of anilines is 1. The Balaban J connectivity index is 1.66. The van der Waals surface area contributed by atoms with Crippen molar-refractivity contribution < 1.29 is 14.3 Å². The van der Waals surface area contributed by atoms with Gasteiger partial charge in [0.2, 0.25) is 0 Å². The van der Waals surface area contributed by atoms with Gasteiger partial charge >= 0.3 is 0 Å². The van der Waals surface area contributed by atoms with Gasteiger partial charge in [0.1, 0.15) is 23.2 Å². The summed E-state index contributed by atoms with van der Waals surface area (Å²) in [7, 11) is 0. The second-order valence-electron chi connectivity index (χ2n) is 6.14. The van der Waals surface area contributed by atoms with Crippen molar-refractivity contribution in [2.45, 2.75) is 6.42 Å². The Morgan fingerprint density at radius 2 is 1.86 bits per heavy atom. The van der Waals surface area contributed by atoms with Crippen LogP contribution in [0.2, 0.25) is 0 Å². The molecule has 3 aromatic rings. The van der Waals surface area contributed by atoms with Crippen molar-refractivity contribution in [2.24, 2.45) is 0 Å². The van der Waals surface area contributed by atoms with E-state index in [2.05, 4.69) is 10.6 Å². The molecule has 5 nitrogen and oxygen atoms in total. The van der Waals surface area contributed by atoms with Crippen LogP contribution in [-0.2, 0) is 11.2 Å². The van der Waals surface area contributed by atoms with Crippen LogP contribution < -0.4 is 10.6 Å². The monoisotopic (exact) mass is 375 g/mol. The number of nitriles is 1. The standard InChI is InChI=1S/C22H18FN3O2/c23-17-5-1-4-15(12-17)10-11-25-14-16(13-24)22(28)26-20-8-2-7-19-18(20)6-3-9-21(19)27/h1-9,12,14,25,27H,10-11H2,(H,26,28)/b16-14-. The molecule has 0 saturated carbocycles. The summed E-state index contributed by atoms with van der Waals surface area (Å²) >= 11 is 0. The van der Waals surface area contributed by atoms with E-state index in [1.165, 1.54) is 18.3 Å². The van der Waals surface area contributed by atoms with E-state index in [1.54, 1.807) is 42.5 Å². The molecule has 1 amide bonds. The number of hydrogen-bond acceptors (Lipinski definition) is 4. The topological polar surface area (TPSA) is 85.2 Å². The summed E-state index contributed by atoms with van der Waals surface area (Å²) in [6.07, 6.45) is 1.90. The zero-order chi connectivity index (χ0) is 19.9. The number of hydrogen-bond donors (Lipinski definition) is 3. The Morgan fingerprint density at radius 3 is 2.64 bits per heavy atom. The normalized spacial score (nSPS) is 11.1. The molecule has 28 heavy (non-hydrogen) atoms. The Labute approximate surface area is 161 Å². The van der Waals surface area contributed by atoms with Crippen molar-refractivity contribution in [2.75, 3.05) is 11.9 Å². The number of carbonyl (C=O) groups excluding carboxylic acids is 1. The molecule has 0 saturated heterocycles. The molecule has 3 aromatic carbocycles. The summed E-state index contributed by atoms with van der Waals surface area (Å²) in [6.45, 7) is 0.448. The van der Waals surface area contributed by atoms with Gasteiger partial charge in [0, 0.05) is 29.2 Å². The van der Waals surface area contributed by atoms with E-state index in [0.717, 1.165) is 5.56 Å². The highest BCUT2D eigenvalue weighted by Crippen LogP contribution is 2.29. The van der Waals surface area contributed by atoms with E-state index in [-0.39, 0.29) is 17.1 Å². The fraction of sp³-hybridized carbons (Fsp3) is 0.0909. The summed E-state index contributed by atoms with van der Waals surface area (Å²) in [4.78, 5) is 12.4. The van der Waals surface area contributed by atoms with Crippen molar-refractivity contribution in [3.8, 4) is 11.8 Å². The average Bonchev–Trinajstić information content (AvgIpc) is 2.69. The molecular formula is C22H18FN3O2. The molecule has 0 aromatic heterocycles. The van der Waals surface area contributed by atoms with Gasteiger partial charge < -0.3 is 15.7 Å². The van der Waals surface area contributed by atoms with Crippen molar-refractivity contribution in [1.29, 1.82) is 5.26 Å². The minimum atomic E-state index is -0.559. The Morgan fingerprint density at radius 1 is 1.11 bits per heavy atom. The molecule has 0 radical (unpaired) electrons. The van der Waals surface area contributed by atoms with Gasteiger partial charge in [0.25, 0.3) is 5.91 Å². The number of nitrogens with one attached hydrogen (secondary N) is 2. The van der Waals surface area contributed by atoms with Crippen LogP contribution in [0.15, 0.2) is 72.4 Å². The van der Waals surface area contributed by atoms with Crippen LogP contribution in [-0.4, -0.2) is 17.6 Å². The molecule has 0 aliphatic heterocycles. The van der Waals surface area contributed by atoms with Crippen LogP contribution in [0.4, 0.5) is 10.1 Å². The van der Waals surface area contributed by atoms with Crippen molar-refractivity contribution >= 4 is 22.4 Å².